The molecule has 2 aromatic carbocycles. The number of rotatable bonds is 4. The van der Waals surface area contributed by atoms with Crippen LogP contribution < -0.4 is 9.46 Å². The van der Waals surface area contributed by atoms with Crippen molar-refractivity contribution in [3.63, 3.8) is 0 Å². The molecule has 0 amide bonds. The van der Waals surface area contributed by atoms with Crippen LogP contribution in [-0.2, 0) is 22.6 Å². The minimum absolute atomic E-state index is 0.0546. The van der Waals surface area contributed by atoms with E-state index in [0.29, 0.717) is 18.2 Å². The third-order valence-corrected chi connectivity index (χ3v) is 5.52. The van der Waals surface area contributed by atoms with Crippen LogP contribution in [0.25, 0.3) is 0 Å². The van der Waals surface area contributed by atoms with Crippen LogP contribution in [-0.4, -0.2) is 21.1 Å². The van der Waals surface area contributed by atoms with Crippen LogP contribution in [0, 0.1) is 0 Å². The molecule has 0 saturated heterocycles. The number of para-hydroxylation sites is 1. The molecular formula is C16H13ClF3NO3S. The Kier molecular flexibility index (Phi) is 4.70. The molecule has 0 radical (unpaired) electrons. The van der Waals surface area contributed by atoms with Crippen molar-refractivity contribution in [2.45, 2.75) is 23.6 Å². The molecule has 4 nitrogen and oxygen atoms in total. The number of hydrogen-bond donors (Lipinski definition) is 1. The van der Waals surface area contributed by atoms with Gasteiger partial charge in [-0.2, -0.15) is 13.2 Å². The van der Waals surface area contributed by atoms with Crippen LogP contribution in [0.4, 0.5) is 13.2 Å². The number of halogens is 4. The zero-order valence-electron chi connectivity index (χ0n) is 12.7. The molecule has 0 aliphatic carbocycles. The highest BCUT2D eigenvalue weighted by Gasteiger charge is 2.34. The summed E-state index contributed by atoms with van der Waals surface area (Å²) in [6.45, 7) is -0.0546. The highest BCUT2D eigenvalue weighted by molar-refractivity contribution is 7.89. The summed E-state index contributed by atoms with van der Waals surface area (Å²) in [5.41, 5.74) is -0.237. The minimum atomic E-state index is -4.74. The molecule has 0 aromatic heterocycles. The van der Waals surface area contributed by atoms with Crippen molar-refractivity contribution in [1.29, 1.82) is 0 Å². The van der Waals surface area contributed by atoms with Crippen molar-refractivity contribution in [3.05, 3.63) is 58.6 Å². The lowest BCUT2D eigenvalue weighted by Crippen LogP contribution is -2.34. The van der Waals surface area contributed by atoms with Crippen molar-refractivity contribution in [1.82, 2.24) is 4.72 Å². The molecule has 1 unspecified atom stereocenters. The van der Waals surface area contributed by atoms with E-state index in [1.807, 2.05) is 12.1 Å². The number of ether oxygens (including phenoxy) is 1. The maximum Gasteiger partial charge on any atom is 0.417 e. The molecule has 0 saturated carbocycles. The maximum atomic E-state index is 12.9. The van der Waals surface area contributed by atoms with Gasteiger partial charge in [0.25, 0.3) is 0 Å². The fraction of sp³-hybridized carbons (Fsp3) is 0.250. The number of nitrogens with one attached hydrogen (secondary N) is 1. The van der Waals surface area contributed by atoms with Gasteiger partial charge in [0.15, 0.2) is 0 Å². The highest BCUT2D eigenvalue weighted by Crippen LogP contribution is 2.36. The van der Waals surface area contributed by atoms with E-state index in [1.165, 1.54) is 0 Å². The average Bonchev–Trinajstić information content (AvgIpc) is 2.95. The van der Waals surface area contributed by atoms with Crippen molar-refractivity contribution < 1.29 is 26.3 Å². The van der Waals surface area contributed by atoms with Gasteiger partial charge in [0.05, 0.1) is 15.5 Å². The predicted molar refractivity (Wildman–Crippen MR) is 86.2 cm³/mol. The van der Waals surface area contributed by atoms with Gasteiger partial charge in [-0.3, -0.25) is 0 Å². The van der Waals surface area contributed by atoms with E-state index >= 15 is 0 Å². The summed E-state index contributed by atoms with van der Waals surface area (Å²) >= 11 is 5.51. The summed E-state index contributed by atoms with van der Waals surface area (Å²) in [6.07, 6.45) is -4.63. The van der Waals surface area contributed by atoms with Crippen molar-refractivity contribution >= 4 is 21.6 Å². The summed E-state index contributed by atoms with van der Waals surface area (Å²) in [5.74, 6) is 0.678. The largest absolute Gasteiger partial charge is 0.488 e. The second kappa shape index (κ2) is 6.51. The number of alkyl halides is 3. The van der Waals surface area contributed by atoms with Crippen molar-refractivity contribution in [2.24, 2.45) is 0 Å². The lowest BCUT2D eigenvalue weighted by molar-refractivity contribution is -0.137. The van der Waals surface area contributed by atoms with E-state index in [9.17, 15) is 21.6 Å². The first-order chi connectivity index (χ1) is 11.7. The van der Waals surface area contributed by atoms with Crippen LogP contribution in [0.5, 0.6) is 5.75 Å². The second-order valence-electron chi connectivity index (χ2n) is 5.54. The smallest absolute Gasteiger partial charge is 0.417 e. The van der Waals surface area contributed by atoms with Crippen LogP contribution in [0.1, 0.15) is 11.1 Å². The fourth-order valence-corrected chi connectivity index (χ4v) is 3.86. The molecule has 1 aliphatic rings. The Labute approximate surface area is 147 Å². The molecule has 25 heavy (non-hydrogen) atoms. The van der Waals surface area contributed by atoms with E-state index in [0.717, 1.165) is 17.7 Å². The lowest BCUT2D eigenvalue weighted by atomic mass is 10.1. The first kappa shape index (κ1) is 18.0. The summed E-state index contributed by atoms with van der Waals surface area (Å²) in [4.78, 5) is -0.500. The minimum Gasteiger partial charge on any atom is -0.488 e. The van der Waals surface area contributed by atoms with Gasteiger partial charge in [0.2, 0.25) is 10.0 Å². The monoisotopic (exact) mass is 391 g/mol. The summed E-state index contributed by atoms with van der Waals surface area (Å²) in [5, 5.41) is -0.555. The van der Waals surface area contributed by atoms with E-state index in [-0.39, 0.29) is 6.54 Å². The first-order valence-electron chi connectivity index (χ1n) is 7.28. The Bertz CT molecular complexity index is 875. The van der Waals surface area contributed by atoms with E-state index in [4.69, 9.17) is 16.3 Å². The summed E-state index contributed by atoms with van der Waals surface area (Å²) in [7, 11) is -4.12. The van der Waals surface area contributed by atoms with Gasteiger partial charge in [0, 0.05) is 13.0 Å². The van der Waals surface area contributed by atoms with Crippen LogP contribution in [0.15, 0.2) is 47.4 Å². The predicted octanol–water partition coefficient (Wildman–Crippen LogP) is 3.64. The molecule has 2 aromatic rings. The lowest BCUT2D eigenvalue weighted by Gasteiger charge is -2.14. The SMILES string of the molecule is O=S(=O)(NCC1Cc2ccccc2O1)c1ccc(Cl)c(C(F)(F)F)c1. The topological polar surface area (TPSA) is 55.4 Å². The Morgan fingerprint density at radius 2 is 1.92 bits per heavy atom. The molecule has 1 heterocycles. The zero-order chi connectivity index (χ0) is 18.2. The molecular weight excluding hydrogens is 379 g/mol. The maximum absolute atomic E-state index is 12.9. The first-order valence-corrected chi connectivity index (χ1v) is 9.14. The summed E-state index contributed by atoms with van der Waals surface area (Å²) < 4.78 is 71.1. The van der Waals surface area contributed by atoms with E-state index < -0.39 is 37.8 Å². The van der Waals surface area contributed by atoms with Crippen LogP contribution in [0.3, 0.4) is 0 Å². The average molecular weight is 392 g/mol. The molecule has 9 heteroatoms. The summed E-state index contributed by atoms with van der Waals surface area (Å²) in [6, 6.07) is 9.77. The second-order valence-corrected chi connectivity index (χ2v) is 7.72. The van der Waals surface area contributed by atoms with Crippen LogP contribution >= 0.6 is 11.6 Å². The Morgan fingerprint density at radius 1 is 1.20 bits per heavy atom. The molecule has 0 fully saturated rings. The normalized spacial score (nSPS) is 17.2. The fourth-order valence-electron chi connectivity index (χ4n) is 2.54. The molecule has 0 spiro atoms. The number of sulfonamides is 1. The third-order valence-electron chi connectivity index (χ3n) is 3.77. The van der Waals surface area contributed by atoms with Gasteiger partial charge in [-0.05, 0) is 29.8 Å². The Hall–Kier alpha value is -1.77. The molecule has 1 atom stereocenters. The molecule has 1 N–H and O–H groups in total. The van der Waals surface area contributed by atoms with Gasteiger partial charge in [-0.25, -0.2) is 13.1 Å². The van der Waals surface area contributed by atoms with Gasteiger partial charge < -0.3 is 4.74 Å². The number of hydrogen-bond acceptors (Lipinski definition) is 3. The van der Waals surface area contributed by atoms with Crippen molar-refractivity contribution in [3.8, 4) is 5.75 Å². The number of fused-ring (bicyclic) bond motifs is 1. The number of benzene rings is 2. The zero-order valence-corrected chi connectivity index (χ0v) is 14.3. The molecule has 0 bridgehead atoms. The van der Waals surface area contributed by atoms with Crippen molar-refractivity contribution in [2.75, 3.05) is 6.54 Å². The third kappa shape index (κ3) is 3.91. The van der Waals surface area contributed by atoms with Gasteiger partial charge in [-0.1, -0.05) is 29.8 Å². The Morgan fingerprint density at radius 3 is 2.60 bits per heavy atom. The van der Waals surface area contributed by atoms with Crippen LogP contribution in [0.2, 0.25) is 5.02 Å². The molecule has 3 rings (SSSR count). The molecule has 1 aliphatic heterocycles. The van der Waals surface area contributed by atoms with Gasteiger partial charge in [0.1, 0.15) is 11.9 Å². The van der Waals surface area contributed by atoms with E-state index in [2.05, 4.69) is 4.72 Å². The standard InChI is InChI=1S/C16H13ClF3NO3S/c17-14-6-5-12(8-13(14)16(18,19)20)25(22,23)21-9-11-7-10-3-1-2-4-15(10)24-11/h1-6,8,11,21H,7,9H2. The quantitative estimate of drug-likeness (QED) is 0.865. The van der Waals surface area contributed by atoms with Gasteiger partial charge in [-0.15, -0.1) is 0 Å². The van der Waals surface area contributed by atoms with E-state index in [1.54, 1.807) is 12.1 Å². The highest BCUT2D eigenvalue weighted by atomic mass is 35.5. The van der Waals surface area contributed by atoms with Gasteiger partial charge >= 0.3 is 6.18 Å². The molecule has 134 valence electrons. The Balaban J connectivity index is 1.73.